The highest BCUT2D eigenvalue weighted by atomic mass is 79.9. The average Bonchev–Trinajstić information content (AvgIpc) is 2.59. The lowest BCUT2D eigenvalue weighted by Crippen LogP contribution is -2.48. The fraction of sp³-hybridized carbons (Fsp3) is 0.286. The number of nitrogens with two attached hydrogens (primary N) is 1. The predicted octanol–water partition coefficient (Wildman–Crippen LogP) is 2.08. The lowest BCUT2D eigenvalue weighted by Gasteiger charge is -2.34. The van der Waals surface area contributed by atoms with Crippen LogP contribution in [0.2, 0.25) is 5.02 Å². The number of hydrogen-bond donors (Lipinski definition) is 2. The van der Waals surface area contributed by atoms with Crippen LogP contribution in [0.25, 0.3) is 10.9 Å². The largest absolute Gasteiger partial charge is 0.465 e. The van der Waals surface area contributed by atoms with Gasteiger partial charge in [-0.25, -0.2) is 19.2 Å². The smallest absolute Gasteiger partial charge is 0.407 e. The minimum atomic E-state index is -1.01. The first-order chi connectivity index (χ1) is 11.8. The minimum Gasteiger partial charge on any atom is -0.465 e. The number of aromatic nitrogens is 2. The van der Waals surface area contributed by atoms with Crippen LogP contribution in [0.5, 0.6) is 0 Å². The molecule has 2 heterocycles. The maximum absolute atomic E-state index is 14.5. The van der Waals surface area contributed by atoms with Gasteiger partial charge >= 0.3 is 6.09 Å². The summed E-state index contributed by atoms with van der Waals surface area (Å²) in [4.78, 5) is 33.6. The second-order valence-electron chi connectivity index (χ2n) is 5.37. The number of benzene rings is 1. The molecule has 0 spiro atoms. The highest BCUT2D eigenvalue weighted by Crippen LogP contribution is 2.35. The van der Waals surface area contributed by atoms with E-state index in [1.165, 1.54) is 11.0 Å². The number of fused-ring (bicyclic) bond motifs is 1. The highest BCUT2D eigenvalue weighted by molar-refractivity contribution is 9.10. The second kappa shape index (κ2) is 6.60. The number of halogens is 3. The van der Waals surface area contributed by atoms with Crippen LogP contribution in [0, 0.1) is 5.82 Å². The van der Waals surface area contributed by atoms with Gasteiger partial charge in [-0.2, -0.15) is 0 Å². The number of carboxylic acid groups (broad SMARTS) is 1. The SMILES string of the molecule is NC(=O)c1nc(N2CCN(C(=O)O)CC2)c2cc(Cl)c(Br)c(F)c2n1. The monoisotopic (exact) mass is 431 g/mol. The van der Waals surface area contributed by atoms with Gasteiger partial charge < -0.3 is 20.6 Å². The van der Waals surface area contributed by atoms with Gasteiger partial charge in [0.05, 0.1) is 9.50 Å². The molecule has 1 aromatic carbocycles. The quantitative estimate of drug-likeness (QED) is 0.703. The Morgan fingerprint density at radius 1 is 1.28 bits per heavy atom. The van der Waals surface area contributed by atoms with Crippen molar-refractivity contribution >= 4 is 56.3 Å². The van der Waals surface area contributed by atoms with E-state index in [2.05, 4.69) is 25.9 Å². The Kier molecular flexibility index (Phi) is 4.65. The Hall–Kier alpha value is -2.20. The van der Waals surface area contributed by atoms with Crippen LogP contribution in [-0.2, 0) is 0 Å². The molecule has 1 aromatic heterocycles. The van der Waals surface area contributed by atoms with Crippen molar-refractivity contribution in [3.63, 3.8) is 0 Å². The first-order valence-corrected chi connectivity index (χ1v) is 8.34. The first-order valence-electron chi connectivity index (χ1n) is 7.17. The molecule has 25 heavy (non-hydrogen) atoms. The van der Waals surface area contributed by atoms with Gasteiger partial charge in [0, 0.05) is 31.6 Å². The van der Waals surface area contributed by atoms with Gasteiger partial charge in [0.25, 0.3) is 5.91 Å². The van der Waals surface area contributed by atoms with Gasteiger partial charge in [-0.15, -0.1) is 0 Å². The van der Waals surface area contributed by atoms with Gasteiger partial charge in [-0.1, -0.05) is 11.6 Å². The highest BCUT2D eigenvalue weighted by Gasteiger charge is 2.26. The molecule has 2 aromatic rings. The van der Waals surface area contributed by atoms with E-state index in [0.717, 1.165) is 0 Å². The van der Waals surface area contributed by atoms with E-state index < -0.39 is 17.8 Å². The fourth-order valence-corrected chi connectivity index (χ4v) is 3.11. The molecule has 11 heteroatoms. The summed E-state index contributed by atoms with van der Waals surface area (Å²) in [6, 6.07) is 1.49. The number of primary amides is 1. The molecule has 0 atom stereocenters. The summed E-state index contributed by atoms with van der Waals surface area (Å²) in [5.41, 5.74) is 5.17. The lowest BCUT2D eigenvalue weighted by molar-refractivity contribution is 0.0991. The molecule has 0 saturated carbocycles. The third kappa shape index (κ3) is 3.19. The van der Waals surface area contributed by atoms with E-state index in [9.17, 15) is 14.0 Å². The molecule has 0 aliphatic carbocycles. The number of carbonyl (C=O) groups is 2. The van der Waals surface area contributed by atoms with Gasteiger partial charge in [-0.05, 0) is 22.0 Å². The molecule has 1 aliphatic heterocycles. The summed E-state index contributed by atoms with van der Waals surface area (Å²) in [6.07, 6.45) is -1.01. The van der Waals surface area contributed by atoms with E-state index >= 15 is 0 Å². The Morgan fingerprint density at radius 2 is 1.92 bits per heavy atom. The molecule has 0 radical (unpaired) electrons. The molecule has 0 bridgehead atoms. The molecule has 132 valence electrons. The molecule has 1 fully saturated rings. The van der Waals surface area contributed by atoms with Crippen LogP contribution >= 0.6 is 27.5 Å². The minimum absolute atomic E-state index is 0.0254. The number of amides is 2. The molecular weight excluding hydrogens is 421 g/mol. The van der Waals surface area contributed by atoms with Gasteiger partial charge in [0.2, 0.25) is 5.82 Å². The van der Waals surface area contributed by atoms with Crippen LogP contribution in [0.1, 0.15) is 10.6 Å². The van der Waals surface area contributed by atoms with Crippen molar-refractivity contribution in [2.75, 3.05) is 31.1 Å². The summed E-state index contributed by atoms with van der Waals surface area (Å²) in [5.74, 6) is -1.65. The Morgan fingerprint density at radius 3 is 2.48 bits per heavy atom. The van der Waals surface area contributed by atoms with E-state index in [0.29, 0.717) is 18.5 Å². The number of rotatable bonds is 2. The normalized spacial score (nSPS) is 14.8. The van der Waals surface area contributed by atoms with Crippen molar-refractivity contribution in [2.24, 2.45) is 5.73 Å². The van der Waals surface area contributed by atoms with E-state index in [1.54, 1.807) is 4.90 Å². The summed E-state index contributed by atoms with van der Waals surface area (Å²) in [6.45, 7) is 1.15. The van der Waals surface area contributed by atoms with E-state index in [-0.39, 0.29) is 39.7 Å². The van der Waals surface area contributed by atoms with Crippen molar-refractivity contribution in [3.8, 4) is 0 Å². The van der Waals surface area contributed by atoms with Crippen LogP contribution < -0.4 is 10.6 Å². The molecule has 1 aliphatic rings. The molecule has 1 saturated heterocycles. The van der Waals surface area contributed by atoms with Crippen molar-refractivity contribution < 1.29 is 19.1 Å². The number of carbonyl (C=O) groups excluding carboxylic acids is 1. The summed E-state index contributed by atoms with van der Waals surface area (Å²) < 4.78 is 14.6. The van der Waals surface area contributed by atoms with Crippen molar-refractivity contribution in [3.05, 3.63) is 27.2 Å². The summed E-state index contributed by atoms with van der Waals surface area (Å²) >= 11 is 9.07. The molecule has 3 rings (SSSR count). The standard InChI is InChI=1S/C14H12BrClFN5O3/c15-8-7(16)5-6-10(9(8)17)19-12(11(18)23)20-13(6)21-1-3-22(4-2-21)14(24)25/h5H,1-4H2,(H2,18,23)(H,24,25). The molecule has 8 nitrogen and oxygen atoms in total. The number of hydrogen-bond acceptors (Lipinski definition) is 5. The Bertz CT molecular complexity index is 889. The number of piperazine rings is 1. The second-order valence-corrected chi connectivity index (χ2v) is 6.57. The van der Waals surface area contributed by atoms with Crippen LogP contribution in [0.3, 0.4) is 0 Å². The maximum Gasteiger partial charge on any atom is 0.407 e. The molecule has 3 N–H and O–H groups in total. The van der Waals surface area contributed by atoms with Gasteiger partial charge in [0.1, 0.15) is 11.3 Å². The maximum atomic E-state index is 14.5. The van der Waals surface area contributed by atoms with Crippen LogP contribution in [0.4, 0.5) is 15.0 Å². The van der Waals surface area contributed by atoms with Crippen molar-refractivity contribution in [1.82, 2.24) is 14.9 Å². The van der Waals surface area contributed by atoms with Crippen molar-refractivity contribution in [1.29, 1.82) is 0 Å². The first kappa shape index (κ1) is 17.6. The predicted molar refractivity (Wildman–Crippen MR) is 92.5 cm³/mol. The zero-order valence-electron chi connectivity index (χ0n) is 12.7. The molecular formula is C14H12BrClFN5O3. The fourth-order valence-electron chi connectivity index (χ4n) is 2.62. The van der Waals surface area contributed by atoms with Crippen LogP contribution in [0.15, 0.2) is 10.5 Å². The topological polar surface area (TPSA) is 113 Å². The molecule has 2 amide bonds. The zero-order chi connectivity index (χ0) is 18.3. The summed E-state index contributed by atoms with van der Waals surface area (Å²) in [7, 11) is 0. The molecule has 0 unspecified atom stereocenters. The van der Waals surface area contributed by atoms with Gasteiger partial charge in [0.15, 0.2) is 5.82 Å². The Labute approximate surface area is 154 Å². The summed E-state index contributed by atoms with van der Waals surface area (Å²) in [5, 5.41) is 9.48. The third-order valence-electron chi connectivity index (χ3n) is 3.88. The third-order valence-corrected chi connectivity index (χ3v) is 5.18. The lowest BCUT2D eigenvalue weighted by atomic mass is 10.2. The Balaban J connectivity index is 2.13. The van der Waals surface area contributed by atoms with E-state index in [4.69, 9.17) is 22.4 Å². The number of anilines is 1. The average molecular weight is 433 g/mol. The van der Waals surface area contributed by atoms with Crippen molar-refractivity contribution in [2.45, 2.75) is 0 Å². The zero-order valence-corrected chi connectivity index (χ0v) is 15.0. The van der Waals surface area contributed by atoms with E-state index in [1.807, 2.05) is 0 Å². The van der Waals surface area contributed by atoms with Gasteiger partial charge in [-0.3, -0.25) is 4.79 Å². The van der Waals surface area contributed by atoms with Crippen LogP contribution in [-0.4, -0.2) is 58.2 Å². The number of nitrogens with zero attached hydrogens (tertiary/aromatic N) is 4.